The first-order valence-corrected chi connectivity index (χ1v) is 5.68. The fourth-order valence-corrected chi connectivity index (χ4v) is 1.46. The maximum atomic E-state index is 11.7. The molecule has 1 rings (SSSR count). The molecule has 0 fully saturated rings. The van der Waals surface area contributed by atoms with E-state index in [0.717, 1.165) is 12.0 Å². The van der Waals surface area contributed by atoms with E-state index in [1.165, 1.54) is 0 Å². The SMILES string of the molecule is Cc1ccc(C(=O)NCC(C)CCN)cc1. The normalized spacial score (nSPS) is 12.2. The Labute approximate surface area is 97.0 Å². The summed E-state index contributed by atoms with van der Waals surface area (Å²) < 4.78 is 0. The summed E-state index contributed by atoms with van der Waals surface area (Å²) in [6.45, 7) is 5.44. The van der Waals surface area contributed by atoms with E-state index in [4.69, 9.17) is 5.73 Å². The number of hydrogen-bond acceptors (Lipinski definition) is 2. The number of nitrogens with two attached hydrogens (primary N) is 1. The number of carbonyl (C=O) groups is 1. The Morgan fingerprint density at radius 1 is 1.38 bits per heavy atom. The predicted octanol–water partition coefficient (Wildman–Crippen LogP) is 1.71. The van der Waals surface area contributed by atoms with Gasteiger partial charge < -0.3 is 11.1 Å². The molecule has 0 spiro atoms. The summed E-state index contributed by atoms with van der Waals surface area (Å²) in [5.74, 6) is 0.420. The maximum absolute atomic E-state index is 11.7. The van der Waals surface area contributed by atoms with E-state index in [-0.39, 0.29) is 5.91 Å². The van der Waals surface area contributed by atoms with Crippen LogP contribution in [0.3, 0.4) is 0 Å². The molecule has 1 unspecified atom stereocenters. The molecule has 0 radical (unpaired) electrons. The topological polar surface area (TPSA) is 55.1 Å². The highest BCUT2D eigenvalue weighted by molar-refractivity contribution is 5.94. The lowest BCUT2D eigenvalue weighted by atomic mass is 10.1. The fourth-order valence-electron chi connectivity index (χ4n) is 1.46. The van der Waals surface area contributed by atoms with Crippen LogP contribution in [0.4, 0.5) is 0 Å². The molecule has 1 aromatic rings. The van der Waals surface area contributed by atoms with Gasteiger partial charge in [-0.1, -0.05) is 24.6 Å². The zero-order valence-electron chi connectivity index (χ0n) is 9.99. The number of rotatable bonds is 5. The van der Waals surface area contributed by atoms with E-state index in [2.05, 4.69) is 12.2 Å². The van der Waals surface area contributed by atoms with Crippen LogP contribution in [0.1, 0.15) is 29.3 Å². The van der Waals surface area contributed by atoms with Crippen molar-refractivity contribution in [3.63, 3.8) is 0 Å². The van der Waals surface area contributed by atoms with Gasteiger partial charge in [-0.25, -0.2) is 0 Å². The Kier molecular flexibility index (Phi) is 4.99. The molecule has 0 heterocycles. The molecule has 0 bridgehead atoms. The minimum Gasteiger partial charge on any atom is -0.352 e. The zero-order valence-corrected chi connectivity index (χ0v) is 9.99. The molecule has 88 valence electrons. The highest BCUT2D eigenvalue weighted by atomic mass is 16.1. The van der Waals surface area contributed by atoms with Crippen molar-refractivity contribution < 1.29 is 4.79 Å². The molecule has 0 saturated carbocycles. The summed E-state index contributed by atoms with van der Waals surface area (Å²) in [4.78, 5) is 11.7. The van der Waals surface area contributed by atoms with Crippen LogP contribution in [0.5, 0.6) is 0 Å². The van der Waals surface area contributed by atoms with Crippen LogP contribution < -0.4 is 11.1 Å². The second-order valence-corrected chi connectivity index (χ2v) is 4.26. The molecule has 0 saturated heterocycles. The largest absolute Gasteiger partial charge is 0.352 e. The van der Waals surface area contributed by atoms with Crippen molar-refractivity contribution in [2.45, 2.75) is 20.3 Å². The number of aryl methyl sites for hydroxylation is 1. The Balaban J connectivity index is 2.43. The van der Waals surface area contributed by atoms with Crippen LogP contribution in [0.25, 0.3) is 0 Å². The Morgan fingerprint density at radius 3 is 2.56 bits per heavy atom. The van der Waals surface area contributed by atoms with Gasteiger partial charge in [-0.2, -0.15) is 0 Å². The van der Waals surface area contributed by atoms with Gasteiger partial charge in [0.1, 0.15) is 0 Å². The van der Waals surface area contributed by atoms with Gasteiger partial charge in [0.05, 0.1) is 0 Å². The van der Waals surface area contributed by atoms with E-state index in [1.54, 1.807) is 0 Å². The van der Waals surface area contributed by atoms with Gasteiger partial charge >= 0.3 is 0 Å². The zero-order chi connectivity index (χ0) is 12.0. The fraction of sp³-hybridized carbons (Fsp3) is 0.462. The number of amides is 1. The standard InChI is InChI=1S/C13H20N2O/c1-10-3-5-12(6-4-10)13(16)15-9-11(2)7-8-14/h3-6,11H,7-9,14H2,1-2H3,(H,15,16). The lowest BCUT2D eigenvalue weighted by Crippen LogP contribution is -2.29. The number of benzene rings is 1. The first-order chi connectivity index (χ1) is 7.63. The molecule has 3 N–H and O–H groups in total. The molecular weight excluding hydrogens is 200 g/mol. The van der Waals surface area contributed by atoms with Crippen molar-refractivity contribution in [1.29, 1.82) is 0 Å². The quantitative estimate of drug-likeness (QED) is 0.793. The van der Waals surface area contributed by atoms with Gasteiger partial charge in [-0.05, 0) is 37.9 Å². The molecule has 0 aromatic heterocycles. The van der Waals surface area contributed by atoms with Crippen molar-refractivity contribution in [1.82, 2.24) is 5.32 Å². The van der Waals surface area contributed by atoms with Crippen LogP contribution in [0.2, 0.25) is 0 Å². The summed E-state index contributed by atoms with van der Waals surface area (Å²) >= 11 is 0. The summed E-state index contributed by atoms with van der Waals surface area (Å²) in [5.41, 5.74) is 7.32. The van der Waals surface area contributed by atoms with Gasteiger partial charge in [0.15, 0.2) is 0 Å². The smallest absolute Gasteiger partial charge is 0.251 e. The lowest BCUT2D eigenvalue weighted by molar-refractivity contribution is 0.0947. The average molecular weight is 220 g/mol. The van der Waals surface area contributed by atoms with Crippen LogP contribution in [0, 0.1) is 12.8 Å². The summed E-state index contributed by atoms with van der Waals surface area (Å²) in [6, 6.07) is 7.58. The Morgan fingerprint density at radius 2 is 2.00 bits per heavy atom. The third kappa shape index (κ3) is 4.03. The Bertz CT molecular complexity index is 332. The Hall–Kier alpha value is -1.35. The molecule has 3 nitrogen and oxygen atoms in total. The molecule has 1 atom stereocenters. The number of hydrogen-bond donors (Lipinski definition) is 2. The minimum atomic E-state index is -0.0103. The molecular formula is C13H20N2O. The van der Waals surface area contributed by atoms with Gasteiger partial charge in [0.25, 0.3) is 5.91 Å². The van der Waals surface area contributed by atoms with Crippen molar-refractivity contribution in [3.05, 3.63) is 35.4 Å². The van der Waals surface area contributed by atoms with E-state index >= 15 is 0 Å². The lowest BCUT2D eigenvalue weighted by Gasteiger charge is -2.11. The highest BCUT2D eigenvalue weighted by Gasteiger charge is 2.06. The van der Waals surface area contributed by atoms with Crippen LogP contribution in [0.15, 0.2) is 24.3 Å². The maximum Gasteiger partial charge on any atom is 0.251 e. The molecule has 16 heavy (non-hydrogen) atoms. The second-order valence-electron chi connectivity index (χ2n) is 4.26. The average Bonchev–Trinajstić information content (AvgIpc) is 2.27. The van der Waals surface area contributed by atoms with Crippen LogP contribution >= 0.6 is 0 Å². The van der Waals surface area contributed by atoms with Gasteiger partial charge in [0.2, 0.25) is 0 Å². The third-order valence-corrected chi connectivity index (χ3v) is 2.58. The van der Waals surface area contributed by atoms with Crippen LogP contribution in [-0.4, -0.2) is 19.0 Å². The molecule has 0 aliphatic heterocycles. The van der Waals surface area contributed by atoms with Crippen molar-refractivity contribution in [2.75, 3.05) is 13.1 Å². The van der Waals surface area contributed by atoms with Gasteiger partial charge in [-0.15, -0.1) is 0 Å². The molecule has 1 aromatic carbocycles. The number of nitrogens with one attached hydrogen (secondary N) is 1. The van der Waals surface area contributed by atoms with E-state index < -0.39 is 0 Å². The summed E-state index contributed by atoms with van der Waals surface area (Å²) in [6.07, 6.45) is 0.939. The van der Waals surface area contributed by atoms with Crippen molar-refractivity contribution >= 4 is 5.91 Å². The first kappa shape index (κ1) is 12.7. The predicted molar refractivity (Wildman–Crippen MR) is 66.3 cm³/mol. The minimum absolute atomic E-state index is 0.0103. The van der Waals surface area contributed by atoms with E-state index in [0.29, 0.717) is 24.6 Å². The van der Waals surface area contributed by atoms with E-state index in [9.17, 15) is 4.79 Å². The molecule has 0 aliphatic rings. The van der Waals surface area contributed by atoms with Crippen molar-refractivity contribution in [2.24, 2.45) is 11.7 Å². The second kappa shape index (κ2) is 6.28. The monoisotopic (exact) mass is 220 g/mol. The van der Waals surface area contributed by atoms with Crippen molar-refractivity contribution in [3.8, 4) is 0 Å². The van der Waals surface area contributed by atoms with Gasteiger partial charge in [0, 0.05) is 12.1 Å². The molecule has 1 amide bonds. The molecule has 0 aliphatic carbocycles. The number of carbonyl (C=O) groups excluding carboxylic acids is 1. The third-order valence-electron chi connectivity index (χ3n) is 2.58. The summed E-state index contributed by atoms with van der Waals surface area (Å²) in [7, 11) is 0. The summed E-state index contributed by atoms with van der Waals surface area (Å²) in [5, 5.41) is 2.91. The van der Waals surface area contributed by atoms with Crippen LogP contribution in [-0.2, 0) is 0 Å². The van der Waals surface area contributed by atoms with E-state index in [1.807, 2.05) is 31.2 Å². The molecule has 3 heteroatoms. The first-order valence-electron chi connectivity index (χ1n) is 5.68. The highest BCUT2D eigenvalue weighted by Crippen LogP contribution is 2.04. The van der Waals surface area contributed by atoms with Gasteiger partial charge in [-0.3, -0.25) is 4.79 Å².